The van der Waals surface area contributed by atoms with Gasteiger partial charge in [0.25, 0.3) is 0 Å². The minimum Gasteiger partial charge on any atom is -0.366 e. The Morgan fingerprint density at radius 3 is 2.35 bits per heavy atom. The average molecular weight is 299 g/mol. The van der Waals surface area contributed by atoms with Gasteiger partial charge >= 0.3 is 0 Å². The van der Waals surface area contributed by atoms with Crippen LogP contribution in [0.25, 0.3) is 0 Å². The first kappa shape index (κ1) is 12.8. The van der Waals surface area contributed by atoms with E-state index in [0.717, 1.165) is 23.4 Å². The van der Waals surface area contributed by atoms with Crippen LogP contribution in [0.5, 0.6) is 0 Å². The van der Waals surface area contributed by atoms with E-state index < -0.39 is 0 Å². The Labute approximate surface area is 111 Å². The maximum atomic E-state index is 6.07. The lowest BCUT2D eigenvalue weighted by atomic mass is 9.99. The minimum atomic E-state index is -0.154. The summed E-state index contributed by atoms with van der Waals surface area (Å²) in [6.45, 7) is 10.2. The molecule has 0 spiro atoms. The third-order valence-corrected chi connectivity index (χ3v) is 3.35. The quantitative estimate of drug-likeness (QED) is 0.796. The summed E-state index contributed by atoms with van der Waals surface area (Å²) in [7, 11) is 0. The zero-order valence-corrected chi connectivity index (χ0v) is 12.4. The number of rotatable bonds is 1. The number of halogens is 1. The van der Waals surface area contributed by atoms with Crippen molar-refractivity contribution in [2.45, 2.75) is 38.9 Å². The molecule has 0 unspecified atom stereocenters. The molecular formula is C13H19BrN2O. The fourth-order valence-corrected chi connectivity index (χ4v) is 3.05. The van der Waals surface area contributed by atoms with Crippen LogP contribution in [0.15, 0.2) is 22.8 Å². The summed E-state index contributed by atoms with van der Waals surface area (Å²) in [6.07, 6.45) is 1.83. The molecule has 1 aromatic heterocycles. The number of ether oxygens (including phenoxy) is 1. The Bertz CT molecular complexity index is 402. The summed E-state index contributed by atoms with van der Waals surface area (Å²) < 4.78 is 7.10. The number of aromatic nitrogens is 1. The van der Waals surface area contributed by atoms with Crippen molar-refractivity contribution >= 4 is 21.7 Å². The number of morpholine rings is 1. The molecule has 0 aliphatic carbocycles. The Hall–Kier alpha value is -0.610. The zero-order chi connectivity index (χ0) is 12.7. The van der Waals surface area contributed by atoms with Crippen LogP contribution in [0.2, 0.25) is 0 Å². The van der Waals surface area contributed by atoms with Crippen LogP contribution < -0.4 is 4.90 Å². The Kier molecular flexibility index (Phi) is 3.21. The lowest BCUT2D eigenvalue weighted by molar-refractivity contribution is -0.133. The van der Waals surface area contributed by atoms with E-state index in [0.29, 0.717) is 0 Å². The summed E-state index contributed by atoms with van der Waals surface area (Å²) in [5.74, 6) is 0.997. The van der Waals surface area contributed by atoms with Gasteiger partial charge in [-0.05, 0) is 55.8 Å². The second-order valence-electron chi connectivity index (χ2n) is 5.79. The molecule has 1 aromatic rings. The maximum absolute atomic E-state index is 6.07. The lowest BCUT2D eigenvalue weighted by Crippen LogP contribution is -2.57. The summed E-state index contributed by atoms with van der Waals surface area (Å²) in [6, 6.07) is 3.96. The topological polar surface area (TPSA) is 25.4 Å². The molecule has 1 saturated heterocycles. The van der Waals surface area contributed by atoms with Crippen LogP contribution in [0, 0.1) is 0 Å². The van der Waals surface area contributed by atoms with Crippen molar-refractivity contribution in [2.75, 3.05) is 18.0 Å². The number of pyridine rings is 1. The summed E-state index contributed by atoms with van der Waals surface area (Å²) in [5.41, 5.74) is -0.308. The van der Waals surface area contributed by atoms with Gasteiger partial charge in [-0.2, -0.15) is 0 Å². The summed E-state index contributed by atoms with van der Waals surface area (Å²) >= 11 is 3.56. The van der Waals surface area contributed by atoms with E-state index in [1.54, 1.807) is 0 Å². The van der Waals surface area contributed by atoms with Crippen LogP contribution in [0.4, 0.5) is 5.82 Å². The highest BCUT2D eigenvalue weighted by Gasteiger charge is 2.38. The van der Waals surface area contributed by atoms with E-state index in [1.807, 2.05) is 18.3 Å². The Morgan fingerprint density at radius 2 is 1.82 bits per heavy atom. The van der Waals surface area contributed by atoms with Crippen molar-refractivity contribution in [3.8, 4) is 0 Å². The highest BCUT2D eigenvalue weighted by Crippen LogP contribution is 2.33. The monoisotopic (exact) mass is 298 g/mol. The summed E-state index contributed by atoms with van der Waals surface area (Å²) in [4.78, 5) is 6.74. The molecule has 0 atom stereocenters. The van der Waals surface area contributed by atoms with Gasteiger partial charge in [-0.15, -0.1) is 0 Å². The highest BCUT2D eigenvalue weighted by atomic mass is 79.9. The number of nitrogens with zero attached hydrogens (tertiary/aromatic N) is 2. The number of anilines is 1. The van der Waals surface area contributed by atoms with Crippen LogP contribution in [-0.4, -0.2) is 29.3 Å². The lowest BCUT2D eigenvalue weighted by Gasteiger charge is -2.47. The molecule has 2 rings (SSSR count). The van der Waals surface area contributed by atoms with Crippen LogP contribution >= 0.6 is 15.9 Å². The van der Waals surface area contributed by atoms with Crippen LogP contribution in [-0.2, 0) is 4.74 Å². The molecule has 0 saturated carbocycles. The second kappa shape index (κ2) is 4.25. The molecule has 0 bridgehead atoms. The first-order chi connectivity index (χ1) is 7.79. The number of hydrogen-bond acceptors (Lipinski definition) is 3. The molecule has 3 nitrogen and oxygen atoms in total. The smallest absolute Gasteiger partial charge is 0.143 e. The fraction of sp³-hybridized carbons (Fsp3) is 0.615. The standard InChI is InChI=1S/C13H19BrN2O/c1-12(2)8-16(9-13(3,4)17-12)11-10(14)6-5-7-15-11/h5-7H,8-9H2,1-4H3. The van der Waals surface area contributed by atoms with Crippen molar-refractivity contribution in [3.05, 3.63) is 22.8 Å². The van der Waals surface area contributed by atoms with E-state index in [9.17, 15) is 0 Å². The second-order valence-corrected chi connectivity index (χ2v) is 6.64. The normalized spacial score (nSPS) is 22.5. The van der Waals surface area contributed by atoms with E-state index >= 15 is 0 Å². The molecule has 1 aliphatic rings. The largest absolute Gasteiger partial charge is 0.366 e. The van der Waals surface area contributed by atoms with Gasteiger partial charge in [0, 0.05) is 19.3 Å². The molecule has 94 valence electrons. The van der Waals surface area contributed by atoms with Gasteiger partial charge in [-0.3, -0.25) is 0 Å². The minimum absolute atomic E-state index is 0.154. The molecule has 0 radical (unpaired) electrons. The van der Waals surface area contributed by atoms with E-state index in [4.69, 9.17) is 4.74 Å². The molecule has 0 N–H and O–H groups in total. The van der Waals surface area contributed by atoms with Crippen molar-refractivity contribution in [1.29, 1.82) is 0 Å². The first-order valence-electron chi connectivity index (χ1n) is 5.85. The van der Waals surface area contributed by atoms with Gasteiger partial charge in [0.2, 0.25) is 0 Å². The van der Waals surface area contributed by atoms with Gasteiger partial charge in [-0.1, -0.05) is 0 Å². The molecule has 4 heteroatoms. The van der Waals surface area contributed by atoms with E-state index in [-0.39, 0.29) is 11.2 Å². The molecule has 17 heavy (non-hydrogen) atoms. The predicted molar refractivity (Wildman–Crippen MR) is 73.4 cm³/mol. The van der Waals surface area contributed by atoms with Crippen LogP contribution in [0.1, 0.15) is 27.7 Å². The molecular weight excluding hydrogens is 280 g/mol. The van der Waals surface area contributed by atoms with E-state index in [2.05, 4.69) is 53.5 Å². The van der Waals surface area contributed by atoms with Crippen molar-refractivity contribution < 1.29 is 4.74 Å². The van der Waals surface area contributed by atoms with Gasteiger partial charge in [0.05, 0.1) is 15.7 Å². The van der Waals surface area contributed by atoms with Gasteiger partial charge in [-0.25, -0.2) is 4.98 Å². The van der Waals surface area contributed by atoms with Crippen molar-refractivity contribution in [2.24, 2.45) is 0 Å². The first-order valence-corrected chi connectivity index (χ1v) is 6.64. The molecule has 2 heterocycles. The third-order valence-electron chi connectivity index (χ3n) is 2.73. The van der Waals surface area contributed by atoms with Crippen molar-refractivity contribution in [3.63, 3.8) is 0 Å². The Morgan fingerprint density at radius 1 is 1.24 bits per heavy atom. The molecule has 0 amide bonds. The van der Waals surface area contributed by atoms with Gasteiger partial charge < -0.3 is 9.64 Å². The summed E-state index contributed by atoms with van der Waals surface area (Å²) in [5, 5.41) is 0. The molecule has 1 aliphatic heterocycles. The zero-order valence-electron chi connectivity index (χ0n) is 10.8. The Balaban J connectivity index is 2.30. The molecule has 0 aromatic carbocycles. The van der Waals surface area contributed by atoms with Gasteiger partial charge in [0.15, 0.2) is 0 Å². The number of hydrogen-bond donors (Lipinski definition) is 0. The predicted octanol–water partition coefficient (Wildman–Crippen LogP) is 3.24. The average Bonchev–Trinajstić information content (AvgIpc) is 2.13. The fourth-order valence-electron chi connectivity index (χ4n) is 2.55. The molecule has 1 fully saturated rings. The maximum Gasteiger partial charge on any atom is 0.143 e. The highest BCUT2D eigenvalue weighted by molar-refractivity contribution is 9.10. The van der Waals surface area contributed by atoms with Crippen LogP contribution in [0.3, 0.4) is 0 Å². The van der Waals surface area contributed by atoms with Crippen molar-refractivity contribution in [1.82, 2.24) is 4.98 Å². The van der Waals surface area contributed by atoms with E-state index in [1.165, 1.54) is 0 Å². The van der Waals surface area contributed by atoms with Gasteiger partial charge in [0.1, 0.15) is 5.82 Å². The SMILES string of the molecule is CC1(C)CN(c2ncccc2Br)CC(C)(C)O1. The third kappa shape index (κ3) is 2.99.